The normalized spacial score (nSPS) is 23.3. The number of benzene rings is 1. The first kappa shape index (κ1) is 16.3. The van der Waals surface area contributed by atoms with Crippen LogP contribution >= 0.6 is 24.0 Å². The van der Waals surface area contributed by atoms with Crippen molar-refractivity contribution in [1.82, 2.24) is 5.32 Å². The highest BCUT2D eigenvalue weighted by Crippen LogP contribution is 2.27. The Morgan fingerprint density at radius 1 is 1.38 bits per heavy atom. The first-order valence-corrected chi connectivity index (χ1v) is 8.99. The molecular formula is C16H22N2OS2. The average molecular weight is 322 g/mol. The van der Waals surface area contributed by atoms with E-state index in [4.69, 9.17) is 18.0 Å². The molecule has 1 aromatic carbocycles. The molecule has 3 atom stereocenters. The minimum Gasteiger partial charge on any atom is -0.392 e. The molecular weight excluding hydrogens is 300 g/mol. The van der Waals surface area contributed by atoms with Crippen LogP contribution in [0.3, 0.4) is 0 Å². The van der Waals surface area contributed by atoms with Crippen LogP contribution in [-0.2, 0) is 4.79 Å². The van der Waals surface area contributed by atoms with Crippen LogP contribution in [0, 0.1) is 0 Å². The van der Waals surface area contributed by atoms with Crippen molar-refractivity contribution >= 4 is 34.9 Å². The summed E-state index contributed by atoms with van der Waals surface area (Å²) in [5.74, 6) is -0.601. The van der Waals surface area contributed by atoms with Gasteiger partial charge in [-0.15, -0.1) is 0 Å². The number of thioether (sulfide) groups is 1. The lowest BCUT2D eigenvalue weighted by Gasteiger charge is -2.30. The summed E-state index contributed by atoms with van der Waals surface area (Å²) < 4.78 is 0. The molecule has 2 rings (SSSR count). The molecule has 0 spiro atoms. The van der Waals surface area contributed by atoms with Gasteiger partial charge in [-0.2, -0.15) is 11.8 Å². The van der Waals surface area contributed by atoms with Crippen molar-refractivity contribution in [3.63, 3.8) is 0 Å². The Hall–Kier alpha value is -1.07. The Labute approximate surface area is 136 Å². The summed E-state index contributed by atoms with van der Waals surface area (Å²) in [6, 6.07) is 9.76. The summed E-state index contributed by atoms with van der Waals surface area (Å²) in [6.07, 6.45) is 6.62. The van der Waals surface area contributed by atoms with Crippen LogP contribution in [0.5, 0.6) is 0 Å². The van der Waals surface area contributed by atoms with Gasteiger partial charge < -0.3 is 11.1 Å². The Kier molecular flexibility index (Phi) is 6.06. The third kappa shape index (κ3) is 4.45. The first-order chi connectivity index (χ1) is 10.1. The van der Waals surface area contributed by atoms with E-state index in [0.717, 1.165) is 18.4 Å². The van der Waals surface area contributed by atoms with E-state index in [1.54, 1.807) is 0 Å². The van der Waals surface area contributed by atoms with Crippen LogP contribution in [0.15, 0.2) is 30.3 Å². The zero-order valence-corrected chi connectivity index (χ0v) is 13.9. The van der Waals surface area contributed by atoms with Crippen molar-refractivity contribution in [2.75, 3.05) is 6.26 Å². The fourth-order valence-electron chi connectivity index (χ4n) is 2.86. The molecule has 1 aliphatic rings. The van der Waals surface area contributed by atoms with Crippen LogP contribution < -0.4 is 11.1 Å². The maximum absolute atomic E-state index is 12.6. The van der Waals surface area contributed by atoms with Crippen LogP contribution in [-0.4, -0.2) is 28.4 Å². The first-order valence-electron chi connectivity index (χ1n) is 7.29. The van der Waals surface area contributed by atoms with Gasteiger partial charge in [-0.3, -0.25) is 4.79 Å². The highest BCUT2D eigenvalue weighted by atomic mass is 32.2. The SMILES string of the molecule is CSC1CCCC(NC(=O)C(C(N)=S)c2ccccc2)C1. The van der Waals surface area contributed by atoms with Crippen molar-refractivity contribution in [2.24, 2.45) is 5.73 Å². The molecule has 114 valence electrons. The lowest BCUT2D eigenvalue weighted by molar-refractivity contribution is -0.122. The molecule has 0 heterocycles. The second kappa shape index (κ2) is 7.80. The summed E-state index contributed by atoms with van der Waals surface area (Å²) >= 11 is 6.99. The fourth-order valence-corrected chi connectivity index (χ4v) is 3.94. The number of nitrogens with one attached hydrogen (secondary N) is 1. The molecule has 1 saturated carbocycles. The predicted molar refractivity (Wildman–Crippen MR) is 93.7 cm³/mol. The molecule has 1 aromatic rings. The van der Waals surface area contributed by atoms with Crippen LogP contribution in [0.1, 0.15) is 37.2 Å². The summed E-state index contributed by atoms with van der Waals surface area (Å²) in [4.78, 5) is 12.8. The van der Waals surface area contributed by atoms with Gasteiger partial charge >= 0.3 is 0 Å². The van der Waals surface area contributed by atoms with Crippen LogP contribution in [0.4, 0.5) is 0 Å². The van der Waals surface area contributed by atoms with E-state index in [-0.39, 0.29) is 16.9 Å². The van der Waals surface area contributed by atoms with E-state index < -0.39 is 5.92 Å². The second-order valence-electron chi connectivity index (χ2n) is 5.48. The number of nitrogens with two attached hydrogens (primary N) is 1. The van der Waals surface area contributed by atoms with Crippen molar-refractivity contribution in [3.8, 4) is 0 Å². The standard InChI is InChI=1S/C16H22N2OS2/c1-21-13-9-5-8-12(10-13)18-16(19)14(15(17)20)11-6-3-2-4-7-11/h2-4,6-7,12-14H,5,8-10H2,1H3,(H2,17,20)(H,18,19). The quantitative estimate of drug-likeness (QED) is 0.819. The third-order valence-corrected chi connectivity index (χ3v) is 5.32. The van der Waals surface area contributed by atoms with Gasteiger partial charge in [0.1, 0.15) is 5.92 Å². The van der Waals surface area contributed by atoms with Crippen molar-refractivity contribution < 1.29 is 4.79 Å². The van der Waals surface area contributed by atoms with E-state index in [1.807, 2.05) is 42.1 Å². The van der Waals surface area contributed by atoms with Crippen molar-refractivity contribution in [2.45, 2.75) is 42.9 Å². The van der Waals surface area contributed by atoms with E-state index in [0.29, 0.717) is 5.25 Å². The Morgan fingerprint density at radius 2 is 2.10 bits per heavy atom. The minimum atomic E-state index is -0.532. The highest BCUT2D eigenvalue weighted by Gasteiger charge is 2.28. The van der Waals surface area contributed by atoms with E-state index in [9.17, 15) is 4.79 Å². The van der Waals surface area contributed by atoms with Crippen molar-refractivity contribution in [1.29, 1.82) is 0 Å². The number of thiocarbonyl (C=S) groups is 1. The lowest BCUT2D eigenvalue weighted by atomic mass is 9.93. The lowest BCUT2D eigenvalue weighted by Crippen LogP contribution is -2.44. The van der Waals surface area contributed by atoms with Gasteiger partial charge in [-0.1, -0.05) is 49.0 Å². The topological polar surface area (TPSA) is 55.1 Å². The van der Waals surface area contributed by atoms with E-state index in [1.165, 1.54) is 12.8 Å². The maximum Gasteiger partial charge on any atom is 0.234 e. The number of amides is 1. The molecule has 21 heavy (non-hydrogen) atoms. The van der Waals surface area contributed by atoms with Crippen LogP contribution in [0.2, 0.25) is 0 Å². The molecule has 0 aliphatic heterocycles. The van der Waals surface area contributed by atoms with Gasteiger partial charge in [0.25, 0.3) is 0 Å². The number of hydrogen-bond acceptors (Lipinski definition) is 3. The summed E-state index contributed by atoms with van der Waals surface area (Å²) in [6.45, 7) is 0. The number of carbonyl (C=O) groups is 1. The highest BCUT2D eigenvalue weighted by molar-refractivity contribution is 7.99. The molecule has 1 fully saturated rings. The molecule has 0 bridgehead atoms. The van der Waals surface area contributed by atoms with Gasteiger partial charge in [0.05, 0.1) is 4.99 Å². The van der Waals surface area contributed by atoms with E-state index >= 15 is 0 Å². The molecule has 0 aromatic heterocycles. The zero-order valence-electron chi connectivity index (χ0n) is 12.2. The van der Waals surface area contributed by atoms with Gasteiger partial charge in [-0.25, -0.2) is 0 Å². The molecule has 3 nitrogen and oxygen atoms in total. The molecule has 1 amide bonds. The predicted octanol–water partition coefficient (Wildman–Crippen LogP) is 2.85. The maximum atomic E-state index is 12.6. The third-order valence-electron chi connectivity index (χ3n) is 3.99. The second-order valence-corrected chi connectivity index (χ2v) is 7.09. The largest absolute Gasteiger partial charge is 0.392 e. The summed E-state index contributed by atoms with van der Waals surface area (Å²) in [5.41, 5.74) is 6.66. The molecule has 3 unspecified atom stereocenters. The van der Waals surface area contributed by atoms with Crippen molar-refractivity contribution in [3.05, 3.63) is 35.9 Å². The minimum absolute atomic E-state index is 0.0690. The number of rotatable bonds is 5. The molecule has 3 N–H and O–H groups in total. The average Bonchev–Trinajstić information content (AvgIpc) is 2.48. The zero-order chi connectivity index (χ0) is 15.2. The molecule has 5 heteroatoms. The smallest absolute Gasteiger partial charge is 0.234 e. The van der Waals surface area contributed by atoms with Gasteiger partial charge in [0.2, 0.25) is 5.91 Å². The summed E-state index contributed by atoms with van der Waals surface area (Å²) in [7, 11) is 0. The Bertz CT molecular complexity index is 492. The molecule has 1 aliphatic carbocycles. The molecule has 0 radical (unpaired) electrons. The van der Waals surface area contributed by atoms with Crippen LogP contribution in [0.25, 0.3) is 0 Å². The fraction of sp³-hybridized carbons (Fsp3) is 0.500. The number of hydrogen-bond donors (Lipinski definition) is 2. The van der Waals surface area contributed by atoms with Gasteiger partial charge in [-0.05, 0) is 31.1 Å². The Morgan fingerprint density at radius 3 is 2.71 bits per heavy atom. The van der Waals surface area contributed by atoms with Gasteiger partial charge in [0, 0.05) is 11.3 Å². The number of carbonyl (C=O) groups excluding carboxylic acids is 1. The van der Waals surface area contributed by atoms with Gasteiger partial charge in [0.15, 0.2) is 0 Å². The molecule has 0 saturated heterocycles. The summed E-state index contributed by atoms with van der Waals surface area (Å²) in [5, 5.41) is 3.79. The van der Waals surface area contributed by atoms with E-state index in [2.05, 4.69) is 11.6 Å². The monoisotopic (exact) mass is 322 g/mol. The Balaban J connectivity index is 2.04.